The van der Waals surface area contributed by atoms with E-state index in [0.29, 0.717) is 37.7 Å². The molecule has 24 heavy (non-hydrogen) atoms. The summed E-state index contributed by atoms with van der Waals surface area (Å²) in [5, 5.41) is 8.29. The van der Waals surface area contributed by atoms with E-state index < -0.39 is 5.60 Å². The Balaban J connectivity index is 0.00000139. The third-order valence-corrected chi connectivity index (χ3v) is 3.46. The molecule has 0 radical (unpaired) electrons. The molecule has 0 atom stereocenters. The molecule has 1 aromatic carbocycles. The minimum absolute atomic E-state index is 0.294. The highest BCUT2D eigenvalue weighted by Crippen LogP contribution is 2.16. The van der Waals surface area contributed by atoms with Crippen LogP contribution in [-0.2, 0) is 4.74 Å². The molecular formula is C18H30N4O2. The second kappa shape index (κ2) is 8.57. The summed E-state index contributed by atoms with van der Waals surface area (Å²) in [6.45, 7) is 11.9. The van der Waals surface area contributed by atoms with Crippen LogP contribution in [0.25, 0.3) is 0 Å². The van der Waals surface area contributed by atoms with Crippen molar-refractivity contribution in [2.45, 2.75) is 40.2 Å². The molecule has 0 aromatic heterocycles. The van der Waals surface area contributed by atoms with E-state index in [1.54, 1.807) is 11.0 Å². The molecule has 1 amide bonds. The number of nitrogens with one attached hydrogen (secondary N) is 1. The second-order valence-electron chi connectivity index (χ2n) is 6.39. The number of amides is 1. The molecule has 0 aliphatic carbocycles. The number of amidine groups is 1. The summed E-state index contributed by atoms with van der Waals surface area (Å²) in [7, 11) is 0. The van der Waals surface area contributed by atoms with E-state index in [4.69, 9.17) is 15.9 Å². The number of para-hydroxylation sites is 1. The van der Waals surface area contributed by atoms with Gasteiger partial charge in [0.2, 0.25) is 0 Å². The van der Waals surface area contributed by atoms with Crippen molar-refractivity contribution in [2.75, 3.05) is 31.9 Å². The van der Waals surface area contributed by atoms with Gasteiger partial charge in [0, 0.05) is 37.4 Å². The minimum Gasteiger partial charge on any atom is -0.444 e. The van der Waals surface area contributed by atoms with E-state index in [0.717, 1.165) is 5.56 Å². The average Bonchev–Trinajstić information content (AvgIpc) is 2.55. The molecule has 134 valence electrons. The van der Waals surface area contributed by atoms with Crippen molar-refractivity contribution in [3.05, 3.63) is 29.8 Å². The van der Waals surface area contributed by atoms with Gasteiger partial charge in [-0.1, -0.05) is 26.0 Å². The minimum atomic E-state index is -0.487. The zero-order valence-corrected chi connectivity index (χ0v) is 15.4. The number of carbonyl (C=O) groups is 1. The average molecular weight is 334 g/mol. The highest BCUT2D eigenvalue weighted by atomic mass is 16.6. The van der Waals surface area contributed by atoms with E-state index in [2.05, 4.69) is 0 Å². The van der Waals surface area contributed by atoms with E-state index in [1.807, 2.05) is 57.7 Å². The maximum absolute atomic E-state index is 12.0. The zero-order valence-electron chi connectivity index (χ0n) is 15.4. The van der Waals surface area contributed by atoms with Crippen molar-refractivity contribution in [2.24, 2.45) is 0 Å². The molecule has 1 fully saturated rings. The number of ether oxygens (including phenoxy) is 1. The lowest BCUT2D eigenvalue weighted by Crippen LogP contribution is -2.51. The van der Waals surface area contributed by atoms with Gasteiger partial charge in [-0.25, -0.2) is 4.79 Å². The predicted octanol–water partition coefficient (Wildman–Crippen LogP) is 3.17. The zero-order chi connectivity index (χ0) is 18.3. The first-order chi connectivity index (χ1) is 11.3. The molecule has 0 bridgehead atoms. The fourth-order valence-corrected chi connectivity index (χ4v) is 2.32. The Morgan fingerprint density at radius 2 is 1.58 bits per heavy atom. The van der Waals surface area contributed by atoms with Crippen LogP contribution < -0.4 is 5.73 Å². The number of piperazine rings is 1. The summed E-state index contributed by atoms with van der Waals surface area (Å²) in [6, 6.07) is 7.36. The molecule has 1 aromatic rings. The number of nitrogen functional groups attached to an aromatic ring is 1. The number of nitrogens with two attached hydrogens (primary N) is 1. The predicted molar refractivity (Wildman–Crippen MR) is 98.4 cm³/mol. The maximum Gasteiger partial charge on any atom is 0.410 e. The van der Waals surface area contributed by atoms with Gasteiger partial charge in [0.15, 0.2) is 0 Å². The van der Waals surface area contributed by atoms with Crippen LogP contribution in [0.3, 0.4) is 0 Å². The van der Waals surface area contributed by atoms with Crippen LogP contribution in [0.15, 0.2) is 24.3 Å². The van der Waals surface area contributed by atoms with Crippen molar-refractivity contribution in [1.82, 2.24) is 9.80 Å². The summed E-state index contributed by atoms with van der Waals surface area (Å²) >= 11 is 0. The van der Waals surface area contributed by atoms with E-state index in [-0.39, 0.29) is 6.09 Å². The Bertz CT molecular complexity index is 558. The SMILES string of the molecule is CC.CC(C)(C)OC(=O)N1CCN(C(=N)c2ccccc2N)CC1. The van der Waals surface area contributed by atoms with Crippen LogP contribution >= 0.6 is 0 Å². The van der Waals surface area contributed by atoms with Crippen molar-refractivity contribution in [3.8, 4) is 0 Å². The lowest BCUT2D eigenvalue weighted by molar-refractivity contribution is 0.0187. The molecule has 1 aliphatic heterocycles. The van der Waals surface area contributed by atoms with Crippen LogP contribution in [0.2, 0.25) is 0 Å². The van der Waals surface area contributed by atoms with Crippen LogP contribution in [0, 0.1) is 5.41 Å². The summed E-state index contributed by atoms with van der Waals surface area (Å²) in [6.07, 6.45) is -0.294. The molecule has 6 nitrogen and oxygen atoms in total. The molecule has 0 spiro atoms. The monoisotopic (exact) mass is 334 g/mol. The lowest BCUT2D eigenvalue weighted by Gasteiger charge is -2.36. The molecule has 0 unspecified atom stereocenters. The standard InChI is InChI=1S/C16H24N4O2.C2H6/c1-16(2,3)22-15(21)20-10-8-19(9-11-20)14(18)12-6-4-5-7-13(12)17;1-2/h4-7,18H,8-11,17H2,1-3H3;1-2H3. The Labute approximate surface area is 145 Å². The van der Waals surface area contributed by atoms with Gasteiger partial charge in [0.25, 0.3) is 0 Å². The van der Waals surface area contributed by atoms with Gasteiger partial charge in [0.05, 0.1) is 0 Å². The van der Waals surface area contributed by atoms with Crippen LogP contribution in [-0.4, -0.2) is 53.5 Å². The molecule has 0 saturated carbocycles. The Hall–Kier alpha value is -2.24. The molecule has 1 aliphatic rings. The summed E-state index contributed by atoms with van der Waals surface area (Å²) < 4.78 is 5.37. The third kappa shape index (κ3) is 5.44. The quantitative estimate of drug-likeness (QED) is 0.469. The molecule has 6 heteroatoms. The van der Waals surface area contributed by atoms with Crippen LogP contribution in [0.5, 0.6) is 0 Å². The fourth-order valence-electron chi connectivity index (χ4n) is 2.32. The third-order valence-electron chi connectivity index (χ3n) is 3.46. The van der Waals surface area contributed by atoms with Crippen molar-refractivity contribution >= 4 is 17.6 Å². The number of hydrogen-bond donors (Lipinski definition) is 2. The normalized spacial score (nSPS) is 14.5. The smallest absolute Gasteiger partial charge is 0.410 e. The van der Waals surface area contributed by atoms with Gasteiger partial charge in [-0.2, -0.15) is 0 Å². The van der Waals surface area contributed by atoms with Crippen LogP contribution in [0.4, 0.5) is 10.5 Å². The topological polar surface area (TPSA) is 82.7 Å². The number of carbonyl (C=O) groups excluding carboxylic acids is 1. The van der Waals surface area contributed by atoms with E-state index in [9.17, 15) is 4.79 Å². The molecule has 1 saturated heterocycles. The highest BCUT2D eigenvalue weighted by molar-refractivity contribution is 6.01. The van der Waals surface area contributed by atoms with Gasteiger partial charge < -0.3 is 20.3 Å². The highest BCUT2D eigenvalue weighted by Gasteiger charge is 2.27. The first kappa shape index (κ1) is 19.8. The second-order valence-corrected chi connectivity index (χ2v) is 6.39. The molecular weight excluding hydrogens is 304 g/mol. The number of benzene rings is 1. The fraction of sp³-hybridized carbons (Fsp3) is 0.556. The number of hydrogen-bond acceptors (Lipinski definition) is 4. The first-order valence-electron chi connectivity index (χ1n) is 8.44. The van der Waals surface area contributed by atoms with E-state index in [1.165, 1.54) is 0 Å². The molecule has 2 rings (SSSR count). The van der Waals surface area contributed by atoms with Crippen LogP contribution in [0.1, 0.15) is 40.2 Å². The Morgan fingerprint density at radius 3 is 2.08 bits per heavy atom. The Kier molecular flexibility index (Phi) is 7.07. The first-order valence-corrected chi connectivity index (χ1v) is 8.44. The number of anilines is 1. The number of nitrogens with zero attached hydrogens (tertiary/aromatic N) is 2. The summed E-state index contributed by atoms with van der Waals surface area (Å²) in [4.78, 5) is 15.6. The van der Waals surface area contributed by atoms with Gasteiger partial charge in [-0.05, 0) is 32.9 Å². The van der Waals surface area contributed by atoms with E-state index >= 15 is 0 Å². The van der Waals surface area contributed by atoms with Gasteiger partial charge in [0.1, 0.15) is 11.4 Å². The largest absolute Gasteiger partial charge is 0.444 e. The number of rotatable bonds is 1. The maximum atomic E-state index is 12.0. The van der Waals surface area contributed by atoms with Crippen molar-refractivity contribution in [3.63, 3.8) is 0 Å². The van der Waals surface area contributed by atoms with Gasteiger partial charge >= 0.3 is 6.09 Å². The summed E-state index contributed by atoms with van der Waals surface area (Å²) in [5.74, 6) is 0.405. The van der Waals surface area contributed by atoms with Gasteiger partial charge in [-0.3, -0.25) is 5.41 Å². The van der Waals surface area contributed by atoms with Gasteiger partial charge in [-0.15, -0.1) is 0 Å². The van der Waals surface area contributed by atoms with Crippen molar-refractivity contribution in [1.29, 1.82) is 5.41 Å². The summed E-state index contributed by atoms with van der Waals surface area (Å²) in [5.41, 5.74) is 6.76. The molecule has 1 heterocycles. The Morgan fingerprint density at radius 1 is 1.08 bits per heavy atom. The van der Waals surface area contributed by atoms with Crippen molar-refractivity contribution < 1.29 is 9.53 Å². The molecule has 3 N–H and O–H groups in total. The lowest BCUT2D eigenvalue weighted by atomic mass is 10.1.